The van der Waals surface area contributed by atoms with E-state index in [1.54, 1.807) is 23.3 Å². The smallest absolute Gasteiger partial charge is 0.191 e. The number of piperidine rings is 1. The van der Waals surface area contributed by atoms with E-state index < -0.39 is 17.7 Å². The van der Waals surface area contributed by atoms with Crippen molar-refractivity contribution in [3.63, 3.8) is 0 Å². The van der Waals surface area contributed by atoms with Gasteiger partial charge in [-0.1, -0.05) is 6.07 Å². The molecule has 1 fully saturated rings. The van der Waals surface area contributed by atoms with E-state index in [1.807, 2.05) is 14.1 Å². The zero-order chi connectivity index (χ0) is 20.8. The number of nitrogens with one attached hydrogen (secondary N) is 2. The molecule has 0 amide bonds. The third-order valence-corrected chi connectivity index (χ3v) is 6.23. The molecule has 1 saturated heterocycles. The first kappa shape index (κ1) is 21.5. The molecule has 0 saturated carbocycles. The molecule has 8 heteroatoms. The molecule has 3 rings (SSSR count). The number of anilines is 1. The highest BCUT2D eigenvalue weighted by atomic mass is 32.1. The molecule has 158 valence electrons. The second-order valence-corrected chi connectivity index (χ2v) is 8.35. The average molecular weight is 422 g/mol. The standard InChI is InChI=1S/C21H29F2N5S/c1-24-21(26-15-9-11-28(12-10-15)19-8-5-13-29-19)25-14-18(27(2)3)20-16(22)6-4-7-17(20)23/h4-8,13,15,18H,9-12,14H2,1-3H3,(H2,24,25,26). The topological polar surface area (TPSA) is 42.9 Å². The van der Waals surface area contributed by atoms with Gasteiger partial charge in [0, 0.05) is 38.3 Å². The summed E-state index contributed by atoms with van der Waals surface area (Å²) in [6, 6.07) is 8.08. The number of halogens is 2. The Morgan fingerprint density at radius 2 is 1.90 bits per heavy atom. The number of thiophene rings is 1. The third kappa shape index (κ3) is 5.45. The molecule has 5 nitrogen and oxygen atoms in total. The van der Waals surface area contributed by atoms with E-state index in [9.17, 15) is 8.78 Å². The van der Waals surface area contributed by atoms with E-state index in [-0.39, 0.29) is 5.56 Å². The van der Waals surface area contributed by atoms with E-state index >= 15 is 0 Å². The quantitative estimate of drug-likeness (QED) is 0.554. The van der Waals surface area contributed by atoms with Crippen LogP contribution in [0.3, 0.4) is 0 Å². The fourth-order valence-electron chi connectivity index (χ4n) is 3.65. The first-order valence-corrected chi connectivity index (χ1v) is 10.7. The normalized spacial score (nSPS) is 16.9. The first-order chi connectivity index (χ1) is 14.0. The minimum absolute atomic E-state index is 0.0738. The van der Waals surface area contributed by atoms with Crippen molar-refractivity contribution in [1.29, 1.82) is 0 Å². The number of hydrogen-bond acceptors (Lipinski definition) is 4. The molecule has 0 bridgehead atoms. The number of aliphatic imine (C=N–C) groups is 1. The van der Waals surface area contributed by atoms with Crippen LogP contribution in [0.1, 0.15) is 24.4 Å². The molecule has 1 atom stereocenters. The molecular formula is C21H29F2N5S. The van der Waals surface area contributed by atoms with Crippen LogP contribution in [0, 0.1) is 11.6 Å². The molecule has 2 aromatic rings. The fraction of sp³-hybridized carbons (Fsp3) is 0.476. The largest absolute Gasteiger partial charge is 0.363 e. The lowest BCUT2D eigenvalue weighted by molar-refractivity contribution is 0.282. The Morgan fingerprint density at radius 1 is 1.21 bits per heavy atom. The lowest BCUT2D eigenvalue weighted by atomic mass is 10.0. The van der Waals surface area contributed by atoms with Gasteiger partial charge in [-0.3, -0.25) is 4.99 Å². The molecule has 1 unspecified atom stereocenters. The van der Waals surface area contributed by atoms with Crippen LogP contribution >= 0.6 is 11.3 Å². The number of hydrogen-bond donors (Lipinski definition) is 2. The maximum Gasteiger partial charge on any atom is 0.191 e. The van der Waals surface area contributed by atoms with Gasteiger partial charge >= 0.3 is 0 Å². The summed E-state index contributed by atoms with van der Waals surface area (Å²) in [6.07, 6.45) is 2.02. The van der Waals surface area contributed by atoms with Crippen molar-refractivity contribution in [2.75, 3.05) is 45.7 Å². The number of likely N-dealkylation sites (N-methyl/N-ethyl adjacent to an activating group) is 1. The SMILES string of the molecule is CN=C(NCC(c1c(F)cccc1F)N(C)C)NC1CCN(c2cccs2)CC1. The lowest BCUT2D eigenvalue weighted by Crippen LogP contribution is -2.50. The third-order valence-electron chi connectivity index (χ3n) is 5.30. The van der Waals surface area contributed by atoms with Gasteiger partial charge in [-0.2, -0.15) is 0 Å². The highest BCUT2D eigenvalue weighted by molar-refractivity contribution is 7.14. The van der Waals surface area contributed by atoms with Gasteiger partial charge in [-0.15, -0.1) is 11.3 Å². The van der Waals surface area contributed by atoms with E-state index in [0.29, 0.717) is 18.5 Å². The van der Waals surface area contributed by atoms with Crippen LogP contribution in [0.5, 0.6) is 0 Å². The predicted octanol–water partition coefficient (Wildman–Crippen LogP) is 3.46. The molecule has 1 aliphatic rings. The van der Waals surface area contributed by atoms with Gasteiger partial charge in [0.1, 0.15) is 11.6 Å². The summed E-state index contributed by atoms with van der Waals surface area (Å²) in [6.45, 7) is 2.34. The number of rotatable bonds is 6. The van der Waals surface area contributed by atoms with Crippen LogP contribution in [0.2, 0.25) is 0 Å². The number of nitrogens with zero attached hydrogens (tertiary/aromatic N) is 3. The summed E-state index contributed by atoms with van der Waals surface area (Å²) in [7, 11) is 5.34. The molecule has 0 radical (unpaired) electrons. The van der Waals surface area contributed by atoms with Crippen LogP contribution in [-0.4, -0.2) is 57.7 Å². The Morgan fingerprint density at radius 3 is 2.45 bits per heavy atom. The van der Waals surface area contributed by atoms with E-state index in [4.69, 9.17) is 0 Å². The number of benzene rings is 1. The highest BCUT2D eigenvalue weighted by Gasteiger charge is 2.24. The second-order valence-electron chi connectivity index (χ2n) is 7.42. The summed E-state index contributed by atoms with van der Waals surface area (Å²) >= 11 is 1.77. The Hall–Kier alpha value is -2.19. The zero-order valence-corrected chi connectivity index (χ0v) is 18.0. The average Bonchev–Trinajstić information content (AvgIpc) is 3.24. The first-order valence-electron chi connectivity index (χ1n) is 9.85. The van der Waals surface area contributed by atoms with Crippen molar-refractivity contribution in [3.05, 3.63) is 52.9 Å². The summed E-state index contributed by atoms with van der Waals surface area (Å²) in [5.74, 6) is -0.410. The van der Waals surface area contributed by atoms with E-state index in [1.165, 1.54) is 23.2 Å². The molecular weight excluding hydrogens is 392 g/mol. The molecule has 1 aliphatic heterocycles. The molecule has 2 N–H and O–H groups in total. The van der Waals surface area contributed by atoms with Crippen molar-refractivity contribution in [2.45, 2.75) is 24.9 Å². The van der Waals surface area contributed by atoms with Crippen molar-refractivity contribution in [2.24, 2.45) is 4.99 Å². The van der Waals surface area contributed by atoms with Gasteiger partial charge in [0.05, 0.1) is 11.0 Å². The van der Waals surface area contributed by atoms with Gasteiger partial charge in [0.15, 0.2) is 5.96 Å². The zero-order valence-electron chi connectivity index (χ0n) is 17.2. The summed E-state index contributed by atoms with van der Waals surface area (Å²) < 4.78 is 28.5. The van der Waals surface area contributed by atoms with Crippen molar-refractivity contribution >= 4 is 22.3 Å². The summed E-state index contributed by atoms with van der Waals surface area (Å²) in [4.78, 5) is 8.51. The van der Waals surface area contributed by atoms with Gasteiger partial charge in [-0.05, 0) is 56.6 Å². The molecule has 29 heavy (non-hydrogen) atoms. The monoisotopic (exact) mass is 421 g/mol. The Bertz CT molecular complexity index is 781. The number of guanidine groups is 1. The molecule has 1 aromatic heterocycles. The minimum atomic E-state index is -0.533. The lowest BCUT2D eigenvalue weighted by Gasteiger charge is -2.34. The minimum Gasteiger partial charge on any atom is -0.363 e. The summed E-state index contributed by atoms with van der Waals surface area (Å²) in [5, 5.41) is 10.1. The van der Waals surface area contributed by atoms with Crippen molar-refractivity contribution in [1.82, 2.24) is 15.5 Å². The fourth-order valence-corrected chi connectivity index (χ4v) is 4.43. The Balaban J connectivity index is 1.56. The van der Waals surface area contributed by atoms with E-state index in [2.05, 4.69) is 38.0 Å². The molecule has 0 aliphatic carbocycles. The van der Waals surface area contributed by atoms with Crippen LogP contribution in [-0.2, 0) is 0 Å². The Labute approximate surface area is 175 Å². The molecule has 2 heterocycles. The van der Waals surface area contributed by atoms with Gasteiger partial charge in [0.25, 0.3) is 0 Å². The predicted molar refractivity (Wildman–Crippen MR) is 117 cm³/mol. The van der Waals surface area contributed by atoms with Gasteiger partial charge < -0.3 is 20.4 Å². The van der Waals surface area contributed by atoms with Crippen LogP contribution in [0.25, 0.3) is 0 Å². The molecule has 0 spiro atoms. The van der Waals surface area contributed by atoms with Crippen LogP contribution < -0.4 is 15.5 Å². The van der Waals surface area contributed by atoms with Crippen molar-refractivity contribution in [3.8, 4) is 0 Å². The van der Waals surface area contributed by atoms with Crippen LogP contribution in [0.15, 0.2) is 40.7 Å². The maximum atomic E-state index is 14.2. The van der Waals surface area contributed by atoms with Crippen molar-refractivity contribution < 1.29 is 8.78 Å². The van der Waals surface area contributed by atoms with E-state index in [0.717, 1.165) is 25.9 Å². The van der Waals surface area contributed by atoms with Gasteiger partial charge in [0.2, 0.25) is 0 Å². The molecule has 1 aromatic carbocycles. The highest BCUT2D eigenvalue weighted by Crippen LogP contribution is 2.25. The summed E-state index contributed by atoms with van der Waals surface area (Å²) in [5.41, 5.74) is 0.0738. The Kier molecular flexibility index (Phi) is 7.44. The second kappa shape index (κ2) is 10.0. The maximum absolute atomic E-state index is 14.2. The van der Waals surface area contributed by atoms with Gasteiger partial charge in [-0.25, -0.2) is 8.78 Å². The van der Waals surface area contributed by atoms with Crippen LogP contribution in [0.4, 0.5) is 13.8 Å².